The predicted octanol–water partition coefficient (Wildman–Crippen LogP) is 3.67. The molecule has 0 aliphatic heterocycles. The van der Waals surface area contributed by atoms with Gasteiger partial charge in [0, 0.05) is 0 Å². The van der Waals surface area contributed by atoms with Crippen molar-refractivity contribution in [2.45, 2.75) is 45.4 Å². The molecule has 5 heteroatoms. The predicted molar refractivity (Wildman–Crippen MR) is 73.1 cm³/mol. The second-order valence-corrected chi connectivity index (χ2v) is 11.1. The SMILES string of the molecule is CC(C)(C)[Si](C)(C)OCCn1nccc1Br. The Hall–Kier alpha value is -0.133. The van der Waals surface area contributed by atoms with Crippen LogP contribution >= 0.6 is 15.9 Å². The minimum Gasteiger partial charge on any atom is -0.415 e. The van der Waals surface area contributed by atoms with Crippen LogP contribution in [0, 0.1) is 0 Å². The van der Waals surface area contributed by atoms with Crippen LogP contribution in [0.25, 0.3) is 0 Å². The highest BCUT2D eigenvalue weighted by Crippen LogP contribution is 2.36. The molecular formula is C11H21BrN2OSi. The summed E-state index contributed by atoms with van der Waals surface area (Å²) in [6.45, 7) is 12.8. The van der Waals surface area contributed by atoms with Gasteiger partial charge in [0.25, 0.3) is 0 Å². The maximum absolute atomic E-state index is 6.08. The van der Waals surface area contributed by atoms with E-state index in [1.54, 1.807) is 6.20 Å². The monoisotopic (exact) mass is 304 g/mol. The van der Waals surface area contributed by atoms with Crippen molar-refractivity contribution in [3.05, 3.63) is 16.9 Å². The summed E-state index contributed by atoms with van der Waals surface area (Å²) in [7, 11) is -1.61. The summed E-state index contributed by atoms with van der Waals surface area (Å²) in [5.74, 6) is 0. The molecule has 0 spiro atoms. The Bertz CT molecular complexity index is 344. The van der Waals surface area contributed by atoms with Gasteiger partial charge in [-0.15, -0.1) is 0 Å². The molecule has 0 atom stereocenters. The molecule has 1 rings (SSSR count). The number of nitrogens with zero attached hydrogens (tertiary/aromatic N) is 2. The van der Waals surface area contributed by atoms with Crippen molar-refractivity contribution < 1.29 is 4.43 Å². The Labute approximate surface area is 107 Å². The lowest BCUT2D eigenvalue weighted by Crippen LogP contribution is -2.41. The van der Waals surface area contributed by atoms with Gasteiger partial charge in [0.2, 0.25) is 0 Å². The van der Waals surface area contributed by atoms with E-state index in [1.807, 2.05) is 10.7 Å². The minimum absolute atomic E-state index is 0.272. The van der Waals surface area contributed by atoms with Gasteiger partial charge >= 0.3 is 0 Å². The fourth-order valence-electron chi connectivity index (χ4n) is 1.08. The van der Waals surface area contributed by atoms with Gasteiger partial charge in [-0.25, -0.2) is 0 Å². The Morgan fingerprint density at radius 1 is 1.44 bits per heavy atom. The second kappa shape index (κ2) is 5.02. The molecule has 92 valence electrons. The van der Waals surface area contributed by atoms with Crippen LogP contribution in [0.15, 0.2) is 16.9 Å². The van der Waals surface area contributed by atoms with Gasteiger partial charge in [0.05, 0.1) is 19.3 Å². The van der Waals surface area contributed by atoms with E-state index in [0.717, 1.165) is 17.8 Å². The van der Waals surface area contributed by atoms with Crippen LogP contribution in [0.3, 0.4) is 0 Å². The zero-order valence-electron chi connectivity index (χ0n) is 10.7. The first-order chi connectivity index (χ1) is 7.24. The summed E-state index contributed by atoms with van der Waals surface area (Å²) >= 11 is 3.44. The zero-order valence-corrected chi connectivity index (χ0v) is 13.3. The second-order valence-electron chi connectivity index (χ2n) is 5.49. The highest BCUT2D eigenvalue weighted by atomic mass is 79.9. The van der Waals surface area contributed by atoms with Gasteiger partial charge in [0.15, 0.2) is 8.32 Å². The summed E-state index contributed by atoms with van der Waals surface area (Å²) in [5.41, 5.74) is 0. The average Bonchev–Trinajstić information content (AvgIpc) is 2.49. The van der Waals surface area contributed by atoms with Crippen LogP contribution in [0.2, 0.25) is 18.1 Å². The molecule has 16 heavy (non-hydrogen) atoms. The molecule has 1 aromatic heterocycles. The Morgan fingerprint density at radius 2 is 2.06 bits per heavy atom. The number of halogens is 1. The van der Waals surface area contributed by atoms with Crippen molar-refractivity contribution in [1.29, 1.82) is 0 Å². The number of aromatic nitrogens is 2. The molecule has 0 radical (unpaired) electrons. The summed E-state index contributed by atoms with van der Waals surface area (Å²) in [4.78, 5) is 0. The summed E-state index contributed by atoms with van der Waals surface area (Å²) < 4.78 is 9.00. The summed E-state index contributed by atoms with van der Waals surface area (Å²) in [6, 6.07) is 1.94. The molecular weight excluding hydrogens is 284 g/mol. The third kappa shape index (κ3) is 3.43. The van der Waals surface area contributed by atoms with Crippen LogP contribution in [0.4, 0.5) is 0 Å². The van der Waals surface area contributed by atoms with Crippen molar-refractivity contribution in [2.24, 2.45) is 0 Å². The molecule has 0 saturated carbocycles. The molecule has 1 aromatic rings. The first-order valence-corrected chi connectivity index (χ1v) is 9.25. The van der Waals surface area contributed by atoms with E-state index in [-0.39, 0.29) is 5.04 Å². The van der Waals surface area contributed by atoms with Crippen LogP contribution < -0.4 is 0 Å². The fraction of sp³-hybridized carbons (Fsp3) is 0.727. The Balaban J connectivity index is 2.45. The highest BCUT2D eigenvalue weighted by molar-refractivity contribution is 9.10. The first kappa shape index (κ1) is 13.9. The molecule has 0 saturated heterocycles. The zero-order chi connectivity index (χ0) is 12.4. The fourth-order valence-corrected chi connectivity index (χ4v) is 2.51. The number of hydrogen-bond donors (Lipinski definition) is 0. The largest absolute Gasteiger partial charge is 0.415 e. The molecule has 0 unspecified atom stereocenters. The van der Waals surface area contributed by atoms with Gasteiger partial charge in [-0.05, 0) is 40.1 Å². The minimum atomic E-state index is -1.61. The quantitative estimate of drug-likeness (QED) is 0.794. The van der Waals surface area contributed by atoms with Crippen LogP contribution in [0.5, 0.6) is 0 Å². The molecule has 0 N–H and O–H groups in total. The van der Waals surface area contributed by atoms with Crippen molar-refractivity contribution in [3.8, 4) is 0 Å². The molecule has 0 amide bonds. The molecule has 0 aliphatic carbocycles. The lowest BCUT2D eigenvalue weighted by Gasteiger charge is -2.36. The van der Waals surface area contributed by atoms with E-state index in [2.05, 4.69) is 54.9 Å². The number of rotatable bonds is 4. The lowest BCUT2D eigenvalue weighted by atomic mass is 10.2. The van der Waals surface area contributed by atoms with E-state index in [9.17, 15) is 0 Å². The Kier molecular flexibility index (Phi) is 4.37. The van der Waals surface area contributed by atoms with E-state index < -0.39 is 8.32 Å². The lowest BCUT2D eigenvalue weighted by molar-refractivity contribution is 0.265. The van der Waals surface area contributed by atoms with Gasteiger partial charge in [-0.3, -0.25) is 4.68 Å². The first-order valence-electron chi connectivity index (χ1n) is 5.55. The van der Waals surface area contributed by atoms with E-state index in [1.165, 1.54) is 0 Å². The van der Waals surface area contributed by atoms with Crippen molar-refractivity contribution in [3.63, 3.8) is 0 Å². The molecule has 0 aromatic carbocycles. The number of hydrogen-bond acceptors (Lipinski definition) is 2. The molecule has 0 fully saturated rings. The Morgan fingerprint density at radius 3 is 2.50 bits per heavy atom. The standard InChI is InChI=1S/C11H21BrN2OSi/c1-11(2,3)16(4,5)15-9-8-14-10(12)6-7-13-14/h6-7H,8-9H2,1-5H3. The van der Waals surface area contributed by atoms with E-state index >= 15 is 0 Å². The average molecular weight is 305 g/mol. The van der Waals surface area contributed by atoms with Crippen molar-refractivity contribution in [2.75, 3.05) is 6.61 Å². The molecule has 3 nitrogen and oxygen atoms in total. The van der Waals surface area contributed by atoms with Crippen LogP contribution in [-0.2, 0) is 11.0 Å². The summed E-state index contributed by atoms with van der Waals surface area (Å²) in [5, 5.41) is 4.47. The normalized spacial score (nSPS) is 13.1. The highest BCUT2D eigenvalue weighted by Gasteiger charge is 2.36. The third-order valence-corrected chi connectivity index (χ3v) is 8.45. The van der Waals surface area contributed by atoms with Gasteiger partial charge in [-0.2, -0.15) is 5.10 Å². The maximum Gasteiger partial charge on any atom is 0.192 e. The van der Waals surface area contributed by atoms with Gasteiger partial charge in [-0.1, -0.05) is 20.8 Å². The van der Waals surface area contributed by atoms with E-state index in [4.69, 9.17) is 4.43 Å². The topological polar surface area (TPSA) is 27.1 Å². The van der Waals surface area contributed by atoms with Crippen molar-refractivity contribution >= 4 is 24.2 Å². The summed E-state index contributed by atoms with van der Waals surface area (Å²) in [6.07, 6.45) is 1.79. The molecule has 0 aliphatic rings. The molecule has 0 bridgehead atoms. The smallest absolute Gasteiger partial charge is 0.192 e. The van der Waals surface area contributed by atoms with Gasteiger partial charge < -0.3 is 4.43 Å². The van der Waals surface area contributed by atoms with Crippen molar-refractivity contribution in [1.82, 2.24) is 9.78 Å². The molecule has 1 heterocycles. The third-order valence-electron chi connectivity index (χ3n) is 3.24. The maximum atomic E-state index is 6.08. The van der Waals surface area contributed by atoms with E-state index in [0.29, 0.717) is 0 Å². The van der Waals surface area contributed by atoms with Crippen LogP contribution in [0.1, 0.15) is 20.8 Å². The van der Waals surface area contributed by atoms with Crippen LogP contribution in [-0.4, -0.2) is 24.7 Å². The van der Waals surface area contributed by atoms with Gasteiger partial charge in [0.1, 0.15) is 4.60 Å².